The van der Waals surface area contributed by atoms with E-state index in [1.165, 1.54) is 30.3 Å². The predicted molar refractivity (Wildman–Crippen MR) is 124 cm³/mol. The quantitative estimate of drug-likeness (QED) is 0.547. The third kappa shape index (κ3) is 4.58. The second-order valence-corrected chi connectivity index (χ2v) is 9.74. The summed E-state index contributed by atoms with van der Waals surface area (Å²) in [7, 11) is -3.98. The molecule has 0 radical (unpaired) electrons. The van der Waals surface area contributed by atoms with E-state index in [-0.39, 0.29) is 16.2 Å². The lowest BCUT2D eigenvalue weighted by atomic mass is 10.1. The van der Waals surface area contributed by atoms with E-state index in [9.17, 15) is 13.2 Å². The summed E-state index contributed by atoms with van der Waals surface area (Å²) in [5, 5.41) is 3.15. The summed E-state index contributed by atoms with van der Waals surface area (Å²) >= 11 is 7.35. The number of nitrogens with zero attached hydrogens (tertiary/aromatic N) is 1. The van der Waals surface area contributed by atoms with Crippen molar-refractivity contribution >= 4 is 45.4 Å². The van der Waals surface area contributed by atoms with Gasteiger partial charge < -0.3 is 10.0 Å². The van der Waals surface area contributed by atoms with Crippen LogP contribution in [0.4, 0.5) is 5.69 Å². The zero-order valence-electron chi connectivity index (χ0n) is 16.4. The lowest BCUT2D eigenvalue weighted by Crippen LogP contribution is -2.26. The van der Waals surface area contributed by atoms with Crippen molar-refractivity contribution in [2.75, 3.05) is 4.72 Å². The van der Waals surface area contributed by atoms with Gasteiger partial charge in [0.15, 0.2) is 0 Å². The number of rotatable bonds is 6. The molecule has 0 aliphatic carbocycles. The first-order chi connectivity index (χ1) is 14.8. The molecule has 0 fully saturated rings. The van der Waals surface area contributed by atoms with Crippen LogP contribution in [0.25, 0.3) is 0 Å². The number of hydrogen-bond donors (Lipinski definition) is 3. The zero-order chi connectivity index (χ0) is 22.0. The Balaban J connectivity index is 1.58. The molecule has 0 bridgehead atoms. The standard InChI is InChI=1S/C21H19ClN4O3S2/c1-14-5-2-3-6-15(14)12-23-21(27)17-9-8-16(22)11-18(17)25-31(28,29)20-7-4-10-26-19(20)13-24-30-26/h2-11,13,24-25H,12H2,1H3,(H,23,27). The van der Waals surface area contributed by atoms with Crippen LogP contribution in [0.3, 0.4) is 0 Å². The summed E-state index contributed by atoms with van der Waals surface area (Å²) in [6, 6.07) is 12.2. The molecule has 0 spiro atoms. The number of amides is 1. The Kier molecular flexibility index (Phi) is 5.99. The summed E-state index contributed by atoms with van der Waals surface area (Å²) in [6.07, 6.45) is 6.49. The number of benzene rings is 2. The van der Waals surface area contributed by atoms with Gasteiger partial charge in [-0.3, -0.25) is 13.8 Å². The van der Waals surface area contributed by atoms with Gasteiger partial charge in [-0.1, -0.05) is 35.9 Å². The molecule has 4 rings (SSSR count). The topological polar surface area (TPSA) is 90.5 Å². The third-order valence-corrected chi connectivity index (χ3v) is 7.15. The molecule has 0 saturated heterocycles. The van der Waals surface area contributed by atoms with Crippen molar-refractivity contribution in [3.05, 3.63) is 99.3 Å². The smallest absolute Gasteiger partial charge is 0.264 e. The number of anilines is 1. The van der Waals surface area contributed by atoms with Crippen LogP contribution in [0.2, 0.25) is 5.02 Å². The maximum atomic E-state index is 13.1. The number of fused-ring (bicyclic) bond motifs is 1. The first-order valence-corrected chi connectivity index (χ1v) is 11.9. The second kappa shape index (κ2) is 8.70. The summed E-state index contributed by atoms with van der Waals surface area (Å²) in [5.74, 6) is -0.408. The highest BCUT2D eigenvalue weighted by Gasteiger charge is 2.30. The van der Waals surface area contributed by atoms with E-state index in [4.69, 9.17) is 11.6 Å². The Labute approximate surface area is 190 Å². The molecule has 2 aliphatic heterocycles. The lowest BCUT2D eigenvalue weighted by molar-refractivity contribution is 0.0952. The van der Waals surface area contributed by atoms with Gasteiger partial charge in [0.25, 0.3) is 15.9 Å². The minimum atomic E-state index is -3.98. The van der Waals surface area contributed by atoms with Crippen molar-refractivity contribution in [1.82, 2.24) is 14.3 Å². The molecule has 2 heterocycles. The molecule has 2 aromatic carbocycles. The molecule has 0 unspecified atom stereocenters. The average molecular weight is 475 g/mol. The molecule has 31 heavy (non-hydrogen) atoms. The Morgan fingerprint density at radius 1 is 1.23 bits per heavy atom. The first-order valence-electron chi connectivity index (χ1n) is 9.31. The molecular weight excluding hydrogens is 456 g/mol. The highest BCUT2D eigenvalue weighted by molar-refractivity contribution is 7.97. The molecular formula is C21H19ClN4O3S2. The van der Waals surface area contributed by atoms with Gasteiger partial charge in [-0.15, -0.1) is 0 Å². The molecule has 0 saturated carbocycles. The van der Waals surface area contributed by atoms with Crippen LogP contribution < -0.4 is 14.8 Å². The minimum absolute atomic E-state index is 0.0822. The van der Waals surface area contributed by atoms with Crippen molar-refractivity contribution in [3.8, 4) is 0 Å². The van der Waals surface area contributed by atoms with Crippen LogP contribution >= 0.6 is 23.7 Å². The van der Waals surface area contributed by atoms with Crippen LogP contribution in [-0.4, -0.2) is 18.6 Å². The molecule has 0 atom stereocenters. The van der Waals surface area contributed by atoms with E-state index >= 15 is 0 Å². The maximum Gasteiger partial charge on any atom is 0.264 e. The van der Waals surface area contributed by atoms with Crippen molar-refractivity contribution in [3.63, 3.8) is 0 Å². The molecule has 3 N–H and O–H groups in total. The molecule has 0 aromatic heterocycles. The fourth-order valence-corrected chi connectivity index (χ4v) is 5.29. The third-order valence-electron chi connectivity index (χ3n) is 4.77. The van der Waals surface area contributed by atoms with Crippen molar-refractivity contribution < 1.29 is 13.2 Å². The van der Waals surface area contributed by atoms with Gasteiger partial charge in [0.05, 0.1) is 29.1 Å². The number of carbonyl (C=O) groups is 1. The van der Waals surface area contributed by atoms with Crippen LogP contribution in [-0.2, 0) is 16.6 Å². The molecule has 10 heteroatoms. The van der Waals surface area contributed by atoms with Gasteiger partial charge in [-0.05, 0) is 48.4 Å². The van der Waals surface area contributed by atoms with E-state index in [2.05, 4.69) is 14.8 Å². The normalized spacial score (nSPS) is 15.0. The summed E-state index contributed by atoms with van der Waals surface area (Å²) < 4.78 is 33.4. The molecule has 2 aromatic rings. The van der Waals surface area contributed by atoms with Crippen molar-refractivity contribution in [2.24, 2.45) is 0 Å². The Hall–Kier alpha value is -2.88. The molecule has 1 amide bonds. The number of allylic oxidation sites excluding steroid dienone is 2. The summed E-state index contributed by atoms with van der Waals surface area (Å²) in [6.45, 7) is 2.28. The number of nitrogens with one attached hydrogen (secondary N) is 3. The maximum absolute atomic E-state index is 13.1. The van der Waals surface area contributed by atoms with E-state index in [1.807, 2.05) is 31.2 Å². The van der Waals surface area contributed by atoms with E-state index in [0.717, 1.165) is 11.1 Å². The SMILES string of the molecule is Cc1ccccc1CNC(=O)c1ccc(Cl)cc1NS(=O)(=O)C1=CC=CN2SNC=C12. The summed E-state index contributed by atoms with van der Waals surface area (Å²) in [5.41, 5.74) is 2.81. The average Bonchev–Trinajstić information content (AvgIpc) is 3.21. The monoisotopic (exact) mass is 474 g/mol. The summed E-state index contributed by atoms with van der Waals surface area (Å²) in [4.78, 5) is 12.9. The highest BCUT2D eigenvalue weighted by Crippen LogP contribution is 2.34. The zero-order valence-corrected chi connectivity index (χ0v) is 18.8. The van der Waals surface area contributed by atoms with Crippen molar-refractivity contribution in [1.29, 1.82) is 0 Å². The van der Waals surface area contributed by atoms with Crippen LogP contribution in [0.1, 0.15) is 21.5 Å². The fourth-order valence-electron chi connectivity index (χ4n) is 3.14. The number of sulfonamides is 1. The van der Waals surface area contributed by atoms with Crippen LogP contribution in [0, 0.1) is 6.92 Å². The van der Waals surface area contributed by atoms with Crippen LogP contribution in [0.15, 0.2) is 77.6 Å². The van der Waals surface area contributed by atoms with Gasteiger partial charge in [0, 0.05) is 24.0 Å². The first kappa shape index (κ1) is 21.4. The Morgan fingerprint density at radius 3 is 2.84 bits per heavy atom. The Morgan fingerprint density at radius 2 is 2.03 bits per heavy atom. The van der Waals surface area contributed by atoms with Gasteiger partial charge in [0.2, 0.25) is 0 Å². The fraction of sp³-hybridized carbons (Fsp3) is 0.0952. The van der Waals surface area contributed by atoms with Crippen molar-refractivity contribution in [2.45, 2.75) is 13.5 Å². The lowest BCUT2D eigenvalue weighted by Gasteiger charge is -2.21. The van der Waals surface area contributed by atoms with E-state index < -0.39 is 15.9 Å². The number of carbonyl (C=O) groups excluding carboxylic acids is 1. The molecule has 160 valence electrons. The Bertz CT molecular complexity index is 1240. The number of halogens is 1. The van der Waals surface area contributed by atoms with Gasteiger partial charge >= 0.3 is 0 Å². The van der Waals surface area contributed by atoms with Crippen LogP contribution in [0.5, 0.6) is 0 Å². The van der Waals surface area contributed by atoms with Gasteiger partial charge in [-0.2, -0.15) is 0 Å². The second-order valence-electron chi connectivity index (χ2n) is 6.84. The number of aryl methyl sites for hydroxylation is 1. The predicted octanol–water partition coefficient (Wildman–Crippen LogP) is 4.04. The van der Waals surface area contributed by atoms with E-state index in [1.54, 1.807) is 28.8 Å². The number of hydrogen-bond acceptors (Lipinski definition) is 6. The minimum Gasteiger partial charge on any atom is -0.348 e. The molecule has 7 nitrogen and oxygen atoms in total. The van der Waals surface area contributed by atoms with Gasteiger partial charge in [-0.25, -0.2) is 8.42 Å². The van der Waals surface area contributed by atoms with E-state index in [0.29, 0.717) is 17.3 Å². The largest absolute Gasteiger partial charge is 0.348 e. The molecule has 2 aliphatic rings. The van der Waals surface area contributed by atoms with Gasteiger partial charge in [0.1, 0.15) is 4.91 Å². The highest BCUT2D eigenvalue weighted by atomic mass is 35.5.